The van der Waals surface area contributed by atoms with Gasteiger partial charge in [-0.1, -0.05) is 29.8 Å². The monoisotopic (exact) mass is 308 g/mol. The summed E-state index contributed by atoms with van der Waals surface area (Å²) in [5, 5.41) is 0. The van der Waals surface area contributed by atoms with Gasteiger partial charge in [0.05, 0.1) is 12.3 Å². The summed E-state index contributed by atoms with van der Waals surface area (Å²) in [6, 6.07) is 7.84. The lowest BCUT2D eigenvalue weighted by atomic mass is 10.2. The Hall–Kier alpha value is -1.40. The van der Waals surface area contributed by atoms with Crippen molar-refractivity contribution in [2.24, 2.45) is 0 Å². The molecule has 0 radical (unpaired) electrons. The molecule has 0 aromatic heterocycles. The summed E-state index contributed by atoms with van der Waals surface area (Å²) < 4.78 is 26.2. The molecule has 5 nitrogen and oxygen atoms in total. The zero-order valence-electron chi connectivity index (χ0n) is 12.2. The van der Waals surface area contributed by atoms with Crippen LogP contribution in [0.4, 0.5) is 0 Å². The first kappa shape index (κ1) is 14.5. The van der Waals surface area contributed by atoms with E-state index in [2.05, 4.69) is 0 Å². The third-order valence-electron chi connectivity index (χ3n) is 4.03. The highest BCUT2D eigenvalue weighted by Crippen LogP contribution is 2.28. The van der Waals surface area contributed by atoms with E-state index in [1.54, 1.807) is 0 Å². The summed E-state index contributed by atoms with van der Waals surface area (Å²) in [6.45, 7) is 2.87. The number of carbonyl (C=O) groups is 1. The van der Waals surface area contributed by atoms with Gasteiger partial charge in [-0.3, -0.25) is 4.79 Å². The average molecular weight is 308 g/mol. The van der Waals surface area contributed by atoms with Crippen LogP contribution in [0.25, 0.3) is 0 Å². The van der Waals surface area contributed by atoms with E-state index in [0.29, 0.717) is 19.1 Å². The van der Waals surface area contributed by atoms with Gasteiger partial charge in [-0.25, -0.2) is 8.42 Å². The molecule has 0 spiro atoms. The maximum Gasteiger partial charge on any atom is 0.238 e. The number of sulfonamides is 1. The molecule has 1 saturated carbocycles. The van der Waals surface area contributed by atoms with Gasteiger partial charge in [0.2, 0.25) is 15.9 Å². The summed E-state index contributed by atoms with van der Waals surface area (Å²) in [7, 11) is -3.43. The predicted octanol–water partition coefficient (Wildman–Crippen LogP) is 1.13. The van der Waals surface area contributed by atoms with E-state index in [1.807, 2.05) is 36.1 Å². The highest BCUT2D eigenvalue weighted by molar-refractivity contribution is 7.88. The van der Waals surface area contributed by atoms with Gasteiger partial charge < -0.3 is 4.90 Å². The lowest BCUT2D eigenvalue weighted by Gasteiger charge is -2.33. The summed E-state index contributed by atoms with van der Waals surface area (Å²) in [4.78, 5) is 13.9. The van der Waals surface area contributed by atoms with Crippen LogP contribution in [-0.2, 0) is 20.6 Å². The van der Waals surface area contributed by atoms with Crippen molar-refractivity contribution in [1.29, 1.82) is 0 Å². The van der Waals surface area contributed by atoms with Crippen molar-refractivity contribution in [3.8, 4) is 0 Å². The van der Waals surface area contributed by atoms with Gasteiger partial charge in [-0.2, -0.15) is 4.31 Å². The topological polar surface area (TPSA) is 57.7 Å². The molecule has 2 fully saturated rings. The first-order chi connectivity index (χ1) is 9.95. The molecular formula is C15H20N2O3S. The quantitative estimate of drug-likeness (QED) is 0.838. The molecule has 1 amide bonds. The van der Waals surface area contributed by atoms with Gasteiger partial charge in [0, 0.05) is 19.1 Å². The molecule has 1 aliphatic heterocycles. The van der Waals surface area contributed by atoms with Crippen molar-refractivity contribution in [3.05, 3.63) is 35.4 Å². The maximum atomic E-state index is 12.5. The van der Waals surface area contributed by atoms with Crippen molar-refractivity contribution < 1.29 is 13.2 Å². The first-order valence-electron chi connectivity index (χ1n) is 7.28. The Bertz CT molecular complexity index is 653. The molecule has 2 aliphatic rings. The molecule has 3 rings (SSSR count). The van der Waals surface area contributed by atoms with E-state index in [9.17, 15) is 13.2 Å². The Morgan fingerprint density at radius 2 is 2.00 bits per heavy atom. The number of hydrogen-bond acceptors (Lipinski definition) is 3. The maximum absolute atomic E-state index is 12.5. The van der Waals surface area contributed by atoms with E-state index in [1.165, 1.54) is 4.31 Å². The van der Waals surface area contributed by atoms with Gasteiger partial charge in [0.25, 0.3) is 0 Å². The van der Waals surface area contributed by atoms with Crippen LogP contribution in [0.3, 0.4) is 0 Å². The zero-order valence-corrected chi connectivity index (χ0v) is 13.0. The Labute approximate surface area is 125 Å². The largest absolute Gasteiger partial charge is 0.337 e. The Balaban J connectivity index is 1.69. The highest BCUT2D eigenvalue weighted by Gasteiger charge is 2.38. The van der Waals surface area contributed by atoms with Crippen LogP contribution >= 0.6 is 0 Å². The van der Waals surface area contributed by atoms with Gasteiger partial charge >= 0.3 is 0 Å². The second kappa shape index (κ2) is 5.42. The molecule has 0 bridgehead atoms. The molecule has 0 N–H and O–H groups in total. The number of nitrogens with zero attached hydrogens (tertiary/aromatic N) is 2. The second-order valence-electron chi connectivity index (χ2n) is 5.90. The van der Waals surface area contributed by atoms with E-state index in [4.69, 9.17) is 0 Å². The fourth-order valence-corrected chi connectivity index (χ4v) is 4.23. The number of piperazine rings is 1. The molecule has 1 aromatic carbocycles. The van der Waals surface area contributed by atoms with Crippen LogP contribution in [0.1, 0.15) is 24.0 Å². The van der Waals surface area contributed by atoms with Crippen molar-refractivity contribution in [2.75, 3.05) is 19.6 Å². The van der Waals surface area contributed by atoms with Crippen molar-refractivity contribution >= 4 is 15.9 Å². The Kier molecular flexibility index (Phi) is 3.75. The van der Waals surface area contributed by atoms with E-state index < -0.39 is 10.0 Å². The van der Waals surface area contributed by atoms with Crippen molar-refractivity contribution in [1.82, 2.24) is 9.21 Å². The van der Waals surface area contributed by atoms with Crippen LogP contribution in [0, 0.1) is 6.92 Å². The molecule has 0 unspecified atom stereocenters. The molecular weight excluding hydrogens is 288 g/mol. The smallest absolute Gasteiger partial charge is 0.238 e. The molecule has 0 atom stereocenters. The molecule has 1 heterocycles. The van der Waals surface area contributed by atoms with Crippen LogP contribution in [0.15, 0.2) is 24.3 Å². The lowest BCUT2D eigenvalue weighted by Crippen LogP contribution is -2.53. The Morgan fingerprint density at radius 1 is 1.24 bits per heavy atom. The number of amides is 1. The minimum Gasteiger partial charge on any atom is -0.337 e. The normalized spacial score (nSPS) is 20.8. The van der Waals surface area contributed by atoms with Crippen LogP contribution in [0.5, 0.6) is 0 Å². The van der Waals surface area contributed by atoms with E-state index in [0.717, 1.165) is 24.0 Å². The third-order valence-corrected chi connectivity index (χ3v) is 5.83. The standard InChI is InChI=1S/C15H20N2O3S/c1-12-3-2-4-13(9-12)11-21(19,20)16-7-8-17(14-5-6-14)15(18)10-16/h2-4,9,14H,5-8,10-11H2,1H3. The first-order valence-corrected chi connectivity index (χ1v) is 8.89. The fraction of sp³-hybridized carbons (Fsp3) is 0.533. The number of hydrogen-bond donors (Lipinski definition) is 0. The number of aryl methyl sites for hydroxylation is 1. The summed E-state index contributed by atoms with van der Waals surface area (Å²) in [5.74, 6) is -0.0951. The van der Waals surface area contributed by atoms with Gasteiger partial charge in [0.15, 0.2) is 0 Å². The van der Waals surface area contributed by atoms with E-state index >= 15 is 0 Å². The molecule has 114 valence electrons. The summed E-state index contributed by atoms with van der Waals surface area (Å²) >= 11 is 0. The van der Waals surface area contributed by atoms with Gasteiger partial charge in [-0.05, 0) is 25.3 Å². The summed E-state index contributed by atoms with van der Waals surface area (Å²) in [6.07, 6.45) is 2.11. The molecule has 1 aromatic rings. The second-order valence-corrected chi connectivity index (χ2v) is 7.87. The molecule has 1 saturated heterocycles. The highest BCUT2D eigenvalue weighted by atomic mass is 32.2. The van der Waals surface area contributed by atoms with Gasteiger partial charge in [-0.15, -0.1) is 0 Å². The Morgan fingerprint density at radius 3 is 2.62 bits per heavy atom. The number of rotatable bonds is 4. The number of carbonyl (C=O) groups excluding carboxylic acids is 1. The minimum absolute atomic E-state index is 0.00928. The average Bonchev–Trinajstić information content (AvgIpc) is 3.22. The van der Waals surface area contributed by atoms with Crippen LogP contribution in [-0.4, -0.2) is 49.2 Å². The lowest BCUT2D eigenvalue weighted by molar-refractivity contribution is -0.134. The fourth-order valence-electron chi connectivity index (χ4n) is 2.78. The van der Waals surface area contributed by atoms with Crippen molar-refractivity contribution in [2.45, 2.75) is 31.6 Å². The van der Waals surface area contributed by atoms with Gasteiger partial charge in [0.1, 0.15) is 0 Å². The van der Waals surface area contributed by atoms with Crippen LogP contribution in [0.2, 0.25) is 0 Å². The zero-order chi connectivity index (χ0) is 15.0. The molecule has 1 aliphatic carbocycles. The molecule has 21 heavy (non-hydrogen) atoms. The third kappa shape index (κ3) is 3.27. The predicted molar refractivity (Wildman–Crippen MR) is 80.1 cm³/mol. The summed E-state index contributed by atoms with van der Waals surface area (Å²) in [5.41, 5.74) is 1.81. The van der Waals surface area contributed by atoms with Crippen LogP contribution < -0.4 is 0 Å². The van der Waals surface area contributed by atoms with E-state index in [-0.39, 0.29) is 18.2 Å². The minimum atomic E-state index is -3.43. The molecule has 6 heteroatoms. The van der Waals surface area contributed by atoms with Crippen molar-refractivity contribution in [3.63, 3.8) is 0 Å². The SMILES string of the molecule is Cc1cccc(CS(=O)(=O)N2CCN(C3CC3)C(=O)C2)c1. The number of benzene rings is 1.